The molecule has 2 heterocycles. The standard InChI is InChI=1S/C15H18IN3/c1-11-9-15(19-7-5-18(2)6-8-19)17-14-4-3-12(16)10-13(11)14/h3-4,9-10H,5-8H2,1-2H3. The fourth-order valence-electron chi connectivity index (χ4n) is 2.55. The lowest BCUT2D eigenvalue weighted by atomic mass is 10.1. The SMILES string of the molecule is Cc1cc(N2CCN(C)CC2)nc2ccc(I)cc12. The summed E-state index contributed by atoms with van der Waals surface area (Å²) < 4.78 is 1.27. The Labute approximate surface area is 127 Å². The average Bonchev–Trinajstić information content (AvgIpc) is 2.40. The van der Waals surface area contributed by atoms with E-state index in [9.17, 15) is 0 Å². The predicted molar refractivity (Wildman–Crippen MR) is 88.9 cm³/mol. The minimum atomic E-state index is 1.07. The van der Waals surface area contributed by atoms with Gasteiger partial charge in [0.2, 0.25) is 0 Å². The van der Waals surface area contributed by atoms with Crippen molar-refractivity contribution in [2.24, 2.45) is 0 Å². The maximum Gasteiger partial charge on any atom is 0.129 e. The van der Waals surface area contributed by atoms with Crippen LogP contribution in [-0.2, 0) is 0 Å². The van der Waals surface area contributed by atoms with Gasteiger partial charge in [0, 0.05) is 35.1 Å². The summed E-state index contributed by atoms with van der Waals surface area (Å²) in [7, 11) is 2.18. The van der Waals surface area contributed by atoms with Crippen LogP contribution in [0.3, 0.4) is 0 Å². The van der Waals surface area contributed by atoms with Gasteiger partial charge in [-0.05, 0) is 66.4 Å². The summed E-state index contributed by atoms with van der Waals surface area (Å²) in [6.07, 6.45) is 0. The van der Waals surface area contributed by atoms with Crippen molar-refractivity contribution in [1.29, 1.82) is 0 Å². The molecule has 4 heteroatoms. The van der Waals surface area contributed by atoms with Gasteiger partial charge in [0.15, 0.2) is 0 Å². The Morgan fingerprint density at radius 1 is 1.11 bits per heavy atom. The summed E-state index contributed by atoms with van der Waals surface area (Å²) in [5, 5.41) is 1.27. The number of hydrogen-bond donors (Lipinski definition) is 0. The highest BCUT2D eigenvalue weighted by Crippen LogP contribution is 2.24. The van der Waals surface area contributed by atoms with Gasteiger partial charge in [-0.1, -0.05) is 0 Å². The van der Waals surface area contributed by atoms with Crippen molar-refractivity contribution >= 4 is 39.3 Å². The zero-order valence-corrected chi connectivity index (χ0v) is 13.5. The molecule has 0 unspecified atom stereocenters. The summed E-state index contributed by atoms with van der Waals surface area (Å²) in [5.74, 6) is 1.12. The number of halogens is 1. The molecule has 1 aliphatic rings. The van der Waals surface area contributed by atoms with E-state index >= 15 is 0 Å². The van der Waals surface area contributed by atoms with Gasteiger partial charge in [-0.25, -0.2) is 4.98 Å². The number of aromatic nitrogens is 1. The normalized spacial score (nSPS) is 17.1. The quantitative estimate of drug-likeness (QED) is 0.723. The van der Waals surface area contributed by atoms with Crippen molar-refractivity contribution in [3.8, 4) is 0 Å². The van der Waals surface area contributed by atoms with Crippen molar-refractivity contribution in [3.63, 3.8) is 0 Å². The summed E-state index contributed by atoms with van der Waals surface area (Å²) in [6.45, 7) is 6.55. The van der Waals surface area contributed by atoms with Crippen molar-refractivity contribution in [2.75, 3.05) is 38.1 Å². The molecule has 3 nitrogen and oxygen atoms in total. The zero-order chi connectivity index (χ0) is 13.4. The van der Waals surface area contributed by atoms with Gasteiger partial charge >= 0.3 is 0 Å². The molecule has 0 amide bonds. The fraction of sp³-hybridized carbons (Fsp3) is 0.400. The third-order valence-corrected chi connectivity index (χ3v) is 4.46. The number of pyridine rings is 1. The molecule has 3 rings (SSSR count). The van der Waals surface area contributed by atoms with E-state index in [1.165, 1.54) is 14.5 Å². The lowest BCUT2D eigenvalue weighted by Gasteiger charge is -2.33. The molecule has 0 aliphatic carbocycles. The van der Waals surface area contributed by atoms with E-state index in [1.807, 2.05) is 0 Å². The average molecular weight is 367 g/mol. The lowest BCUT2D eigenvalue weighted by Crippen LogP contribution is -2.44. The van der Waals surface area contributed by atoms with Gasteiger partial charge in [0.05, 0.1) is 5.52 Å². The molecule has 1 fully saturated rings. The Morgan fingerprint density at radius 2 is 1.84 bits per heavy atom. The van der Waals surface area contributed by atoms with Crippen LogP contribution < -0.4 is 4.90 Å². The van der Waals surface area contributed by atoms with Crippen molar-refractivity contribution < 1.29 is 0 Å². The number of anilines is 1. The Morgan fingerprint density at radius 3 is 2.58 bits per heavy atom. The second-order valence-electron chi connectivity index (χ2n) is 5.25. The number of benzene rings is 1. The first-order chi connectivity index (χ1) is 9.13. The molecular formula is C15H18IN3. The maximum absolute atomic E-state index is 4.83. The monoisotopic (exact) mass is 367 g/mol. The Bertz CT molecular complexity index is 604. The highest BCUT2D eigenvalue weighted by molar-refractivity contribution is 14.1. The molecule has 100 valence electrons. The molecule has 0 saturated carbocycles. The van der Waals surface area contributed by atoms with Crippen LogP contribution in [0.5, 0.6) is 0 Å². The fourth-order valence-corrected chi connectivity index (χ4v) is 3.04. The smallest absolute Gasteiger partial charge is 0.129 e. The summed E-state index contributed by atoms with van der Waals surface area (Å²) >= 11 is 2.35. The van der Waals surface area contributed by atoms with Gasteiger partial charge in [-0.2, -0.15) is 0 Å². The second-order valence-corrected chi connectivity index (χ2v) is 6.49. The molecule has 0 spiro atoms. The Kier molecular flexibility index (Phi) is 3.62. The number of aryl methyl sites for hydroxylation is 1. The second kappa shape index (κ2) is 5.25. The number of piperazine rings is 1. The Hall–Kier alpha value is -0.880. The van der Waals surface area contributed by atoms with E-state index in [0.29, 0.717) is 0 Å². The highest BCUT2D eigenvalue weighted by Gasteiger charge is 2.16. The summed E-state index contributed by atoms with van der Waals surface area (Å²) in [5.41, 5.74) is 2.42. The van der Waals surface area contributed by atoms with Crippen LogP contribution in [0, 0.1) is 10.5 Å². The van der Waals surface area contributed by atoms with Crippen LogP contribution in [-0.4, -0.2) is 43.1 Å². The number of fused-ring (bicyclic) bond motifs is 1. The molecule has 1 aromatic heterocycles. The first-order valence-electron chi connectivity index (χ1n) is 6.64. The third-order valence-electron chi connectivity index (χ3n) is 3.79. The van der Waals surface area contributed by atoms with E-state index in [2.05, 4.69) is 70.6 Å². The minimum Gasteiger partial charge on any atom is -0.354 e. The highest BCUT2D eigenvalue weighted by atomic mass is 127. The molecular weight excluding hydrogens is 349 g/mol. The molecule has 1 aromatic carbocycles. The number of likely N-dealkylation sites (N-methyl/N-ethyl adjacent to an activating group) is 1. The molecule has 1 saturated heterocycles. The largest absolute Gasteiger partial charge is 0.354 e. The maximum atomic E-state index is 4.83. The van der Waals surface area contributed by atoms with Crippen molar-refractivity contribution in [3.05, 3.63) is 33.4 Å². The minimum absolute atomic E-state index is 1.07. The van der Waals surface area contributed by atoms with Crippen molar-refractivity contribution in [2.45, 2.75) is 6.92 Å². The van der Waals surface area contributed by atoms with E-state index < -0.39 is 0 Å². The summed E-state index contributed by atoms with van der Waals surface area (Å²) in [4.78, 5) is 9.59. The predicted octanol–water partition coefficient (Wildman–Crippen LogP) is 2.90. The Balaban J connectivity index is 1.99. The van der Waals surface area contributed by atoms with Gasteiger partial charge in [0.25, 0.3) is 0 Å². The summed E-state index contributed by atoms with van der Waals surface area (Å²) in [6, 6.07) is 8.70. The topological polar surface area (TPSA) is 19.4 Å². The first-order valence-corrected chi connectivity index (χ1v) is 7.72. The van der Waals surface area contributed by atoms with E-state index in [1.54, 1.807) is 0 Å². The molecule has 0 atom stereocenters. The molecule has 0 radical (unpaired) electrons. The molecule has 2 aromatic rings. The molecule has 0 N–H and O–H groups in total. The van der Waals surface area contributed by atoms with E-state index in [-0.39, 0.29) is 0 Å². The van der Waals surface area contributed by atoms with E-state index in [0.717, 1.165) is 37.5 Å². The van der Waals surface area contributed by atoms with Gasteiger partial charge in [0.1, 0.15) is 5.82 Å². The van der Waals surface area contributed by atoms with E-state index in [4.69, 9.17) is 4.98 Å². The van der Waals surface area contributed by atoms with Gasteiger partial charge in [-0.15, -0.1) is 0 Å². The van der Waals surface area contributed by atoms with Crippen LogP contribution in [0.4, 0.5) is 5.82 Å². The van der Waals surface area contributed by atoms with Crippen molar-refractivity contribution in [1.82, 2.24) is 9.88 Å². The van der Waals surface area contributed by atoms with Crippen LogP contribution in [0.2, 0.25) is 0 Å². The lowest BCUT2D eigenvalue weighted by molar-refractivity contribution is 0.312. The number of nitrogens with zero attached hydrogens (tertiary/aromatic N) is 3. The van der Waals surface area contributed by atoms with Gasteiger partial charge in [-0.3, -0.25) is 0 Å². The first kappa shape index (κ1) is 13.1. The number of rotatable bonds is 1. The molecule has 1 aliphatic heterocycles. The third kappa shape index (κ3) is 2.69. The van der Waals surface area contributed by atoms with Crippen LogP contribution >= 0.6 is 22.6 Å². The number of hydrogen-bond acceptors (Lipinski definition) is 3. The van der Waals surface area contributed by atoms with Crippen LogP contribution in [0.25, 0.3) is 10.9 Å². The van der Waals surface area contributed by atoms with Crippen LogP contribution in [0.1, 0.15) is 5.56 Å². The van der Waals surface area contributed by atoms with Gasteiger partial charge < -0.3 is 9.80 Å². The molecule has 19 heavy (non-hydrogen) atoms. The molecule has 0 bridgehead atoms. The zero-order valence-electron chi connectivity index (χ0n) is 11.4. The van der Waals surface area contributed by atoms with Crippen LogP contribution in [0.15, 0.2) is 24.3 Å².